The fraction of sp³-hybridized carbons (Fsp3) is 0.714. The van der Waals surface area contributed by atoms with Gasteiger partial charge in [-0.2, -0.15) is 0 Å². The Labute approximate surface area is 102 Å². The van der Waals surface area contributed by atoms with Crippen molar-refractivity contribution >= 4 is 11.3 Å². The van der Waals surface area contributed by atoms with E-state index in [2.05, 4.69) is 29.8 Å². The lowest BCUT2D eigenvalue weighted by molar-refractivity contribution is 0.317. The van der Waals surface area contributed by atoms with Gasteiger partial charge in [0.05, 0.1) is 0 Å². The Balaban J connectivity index is 1.65. The van der Waals surface area contributed by atoms with Crippen molar-refractivity contribution in [2.24, 2.45) is 11.8 Å². The summed E-state index contributed by atoms with van der Waals surface area (Å²) >= 11 is 1.90. The smallest absolute Gasteiger partial charge is 0.0414 e. The molecule has 16 heavy (non-hydrogen) atoms. The molecule has 0 aliphatic heterocycles. The minimum atomic E-state index is 0.601. The van der Waals surface area contributed by atoms with E-state index in [1.54, 1.807) is 0 Å². The first kappa shape index (κ1) is 10.8. The normalized spacial score (nSPS) is 34.4. The number of nitrogens with one attached hydrogen (secondary N) is 1. The first-order valence-corrected chi connectivity index (χ1v) is 7.54. The van der Waals surface area contributed by atoms with Gasteiger partial charge >= 0.3 is 0 Å². The van der Waals surface area contributed by atoms with Crippen LogP contribution in [0.5, 0.6) is 0 Å². The Hall–Kier alpha value is -0.340. The molecule has 2 bridgehead atoms. The molecule has 1 N–H and O–H groups in total. The SMILES string of the molecule is CCC(NC1CC2CCC1C2)c1cccs1. The zero-order valence-electron chi connectivity index (χ0n) is 9.99. The molecule has 4 atom stereocenters. The van der Waals surface area contributed by atoms with Crippen LogP contribution in [0.25, 0.3) is 0 Å². The number of thiophene rings is 1. The Bertz CT molecular complexity index is 333. The van der Waals surface area contributed by atoms with Crippen molar-refractivity contribution in [2.45, 2.75) is 51.1 Å². The van der Waals surface area contributed by atoms with Crippen LogP contribution >= 0.6 is 11.3 Å². The maximum absolute atomic E-state index is 3.91. The monoisotopic (exact) mass is 235 g/mol. The van der Waals surface area contributed by atoms with Crippen LogP contribution in [0, 0.1) is 11.8 Å². The molecule has 1 nitrogen and oxygen atoms in total. The lowest BCUT2D eigenvalue weighted by Crippen LogP contribution is -2.36. The van der Waals surface area contributed by atoms with E-state index in [1.807, 2.05) is 11.3 Å². The van der Waals surface area contributed by atoms with Crippen LogP contribution in [0.15, 0.2) is 17.5 Å². The molecule has 88 valence electrons. The van der Waals surface area contributed by atoms with E-state index in [4.69, 9.17) is 0 Å². The van der Waals surface area contributed by atoms with Gasteiger partial charge in [-0.05, 0) is 49.0 Å². The molecule has 4 unspecified atom stereocenters. The fourth-order valence-corrected chi connectivity index (χ4v) is 4.47. The van der Waals surface area contributed by atoms with E-state index in [0.29, 0.717) is 6.04 Å². The van der Waals surface area contributed by atoms with Gasteiger partial charge in [0.2, 0.25) is 0 Å². The molecule has 2 fully saturated rings. The molecule has 0 radical (unpaired) electrons. The maximum Gasteiger partial charge on any atom is 0.0414 e. The fourth-order valence-electron chi connectivity index (χ4n) is 3.60. The van der Waals surface area contributed by atoms with Crippen molar-refractivity contribution in [3.05, 3.63) is 22.4 Å². The van der Waals surface area contributed by atoms with Crippen molar-refractivity contribution in [1.29, 1.82) is 0 Å². The average Bonchev–Trinajstić information content (AvgIpc) is 3.01. The lowest BCUT2D eigenvalue weighted by Gasteiger charge is -2.27. The summed E-state index contributed by atoms with van der Waals surface area (Å²) in [4.78, 5) is 1.52. The number of hydrogen-bond donors (Lipinski definition) is 1. The Morgan fingerprint density at radius 2 is 2.38 bits per heavy atom. The predicted molar refractivity (Wildman–Crippen MR) is 69.7 cm³/mol. The molecule has 2 aliphatic carbocycles. The summed E-state index contributed by atoms with van der Waals surface area (Å²) in [5.41, 5.74) is 0. The summed E-state index contributed by atoms with van der Waals surface area (Å²) in [6.07, 6.45) is 7.13. The van der Waals surface area contributed by atoms with Gasteiger partial charge in [0.15, 0.2) is 0 Å². The second-order valence-corrected chi connectivity index (χ2v) is 6.40. The Morgan fingerprint density at radius 1 is 1.44 bits per heavy atom. The third-order valence-electron chi connectivity index (χ3n) is 4.45. The molecule has 1 heterocycles. The van der Waals surface area contributed by atoms with Crippen molar-refractivity contribution in [3.63, 3.8) is 0 Å². The highest BCUT2D eigenvalue weighted by molar-refractivity contribution is 7.10. The first-order chi connectivity index (χ1) is 7.86. The molecule has 2 saturated carbocycles. The van der Waals surface area contributed by atoms with Crippen molar-refractivity contribution in [3.8, 4) is 0 Å². The summed E-state index contributed by atoms with van der Waals surface area (Å²) in [6, 6.07) is 5.86. The first-order valence-electron chi connectivity index (χ1n) is 6.66. The summed E-state index contributed by atoms with van der Waals surface area (Å²) < 4.78 is 0. The number of fused-ring (bicyclic) bond motifs is 2. The van der Waals surface area contributed by atoms with Crippen LogP contribution < -0.4 is 5.32 Å². The molecule has 2 aliphatic rings. The molecule has 1 aromatic rings. The van der Waals surface area contributed by atoms with E-state index in [0.717, 1.165) is 17.9 Å². The van der Waals surface area contributed by atoms with Crippen LogP contribution in [0.1, 0.15) is 49.9 Å². The standard InChI is InChI=1S/C14H21NS/c1-2-12(14-4-3-7-16-14)15-13-9-10-5-6-11(13)8-10/h3-4,7,10-13,15H,2,5-6,8-9H2,1H3. The molecular formula is C14H21NS. The molecule has 0 amide bonds. The second-order valence-electron chi connectivity index (χ2n) is 5.42. The van der Waals surface area contributed by atoms with Crippen molar-refractivity contribution < 1.29 is 0 Å². The second kappa shape index (κ2) is 4.50. The molecule has 2 heteroatoms. The van der Waals surface area contributed by atoms with Gasteiger partial charge in [0.25, 0.3) is 0 Å². The minimum Gasteiger partial charge on any atom is -0.306 e. The third-order valence-corrected chi connectivity index (χ3v) is 5.43. The van der Waals surface area contributed by atoms with Gasteiger partial charge in [-0.3, -0.25) is 0 Å². The molecular weight excluding hydrogens is 214 g/mol. The number of hydrogen-bond acceptors (Lipinski definition) is 2. The van der Waals surface area contributed by atoms with Gasteiger partial charge < -0.3 is 5.32 Å². The van der Waals surface area contributed by atoms with Crippen LogP contribution in [0.2, 0.25) is 0 Å². The quantitative estimate of drug-likeness (QED) is 0.832. The summed E-state index contributed by atoms with van der Waals surface area (Å²) in [6.45, 7) is 2.30. The molecule has 0 aromatic carbocycles. The van der Waals surface area contributed by atoms with Gasteiger partial charge in [0, 0.05) is 17.0 Å². The summed E-state index contributed by atoms with van der Waals surface area (Å²) in [5, 5.41) is 6.10. The summed E-state index contributed by atoms with van der Waals surface area (Å²) in [5.74, 6) is 2.03. The maximum atomic E-state index is 3.91. The number of rotatable bonds is 4. The van der Waals surface area contributed by atoms with E-state index in [1.165, 1.54) is 37.0 Å². The highest BCUT2D eigenvalue weighted by Crippen LogP contribution is 2.45. The molecule has 0 spiro atoms. The van der Waals surface area contributed by atoms with Crippen LogP contribution in [0.3, 0.4) is 0 Å². The van der Waals surface area contributed by atoms with Crippen molar-refractivity contribution in [2.75, 3.05) is 0 Å². The van der Waals surface area contributed by atoms with Gasteiger partial charge in [0.1, 0.15) is 0 Å². The van der Waals surface area contributed by atoms with E-state index in [9.17, 15) is 0 Å². The van der Waals surface area contributed by atoms with E-state index >= 15 is 0 Å². The average molecular weight is 235 g/mol. The minimum absolute atomic E-state index is 0.601. The van der Waals surface area contributed by atoms with Gasteiger partial charge in [-0.1, -0.05) is 19.4 Å². The molecule has 1 aromatic heterocycles. The Kier molecular flexibility index (Phi) is 3.03. The molecule has 0 saturated heterocycles. The zero-order valence-corrected chi connectivity index (χ0v) is 10.8. The van der Waals surface area contributed by atoms with Crippen LogP contribution in [0.4, 0.5) is 0 Å². The lowest BCUT2D eigenvalue weighted by atomic mass is 9.94. The summed E-state index contributed by atoms with van der Waals surface area (Å²) in [7, 11) is 0. The van der Waals surface area contributed by atoms with Gasteiger partial charge in [-0.15, -0.1) is 11.3 Å². The largest absolute Gasteiger partial charge is 0.306 e. The Morgan fingerprint density at radius 3 is 2.94 bits per heavy atom. The highest BCUT2D eigenvalue weighted by Gasteiger charge is 2.40. The topological polar surface area (TPSA) is 12.0 Å². The van der Waals surface area contributed by atoms with Crippen LogP contribution in [-0.4, -0.2) is 6.04 Å². The predicted octanol–water partition coefficient (Wildman–Crippen LogP) is 3.98. The van der Waals surface area contributed by atoms with E-state index < -0.39 is 0 Å². The van der Waals surface area contributed by atoms with E-state index in [-0.39, 0.29) is 0 Å². The van der Waals surface area contributed by atoms with Crippen LogP contribution in [-0.2, 0) is 0 Å². The van der Waals surface area contributed by atoms with Gasteiger partial charge in [-0.25, -0.2) is 0 Å². The third kappa shape index (κ3) is 1.93. The zero-order chi connectivity index (χ0) is 11.0. The highest BCUT2D eigenvalue weighted by atomic mass is 32.1. The molecule has 3 rings (SSSR count). The van der Waals surface area contributed by atoms with Crippen molar-refractivity contribution in [1.82, 2.24) is 5.32 Å².